The molecule has 2 rings (SSSR count). The number of allylic oxidation sites excluding steroid dienone is 2. The first kappa shape index (κ1) is 7.53. The maximum atomic E-state index is 11.3. The van der Waals surface area contributed by atoms with E-state index in [0.717, 1.165) is 0 Å². The van der Waals surface area contributed by atoms with Crippen molar-refractivity contribution in [3.63, 3.8) is 0 Å². The molecule has 1 aliphatic carbocycles. The fraction of sp³-hybridized carbons (Fsp3) is 0.556. The molecule has 1 fully saturated rings. The van der Waals surface area contributed by atoms with Crippen LogP contribution in [0.25, 0.3) is 0 Å². The molecule has 1 unspecified atom stereocenters. The van der Waals surface area contributed by atoms with Crippen molar-refractivity contribution in [1.82, 2.24) is 5.32 Å². The molecule has 3 nitrogen and oxygen atoms in total. The number of rotatable bonds is 0. The molecule has 64 valence electrons. The van der Waals surface area contributed by atoms with Crippen LogP contribution >= 0.6 is 0 Å². The molecule has 1 aliphatic heterocycles. The van der Waals surface area contributed by atoms with E-state index in [1.54, 1.807) is 0 Å². The molecule has 0 bridgehead atoms. The van der Waals surface area contributed by atoms with Gasteiger partial charge in [-0.3, -0.25) is 14.9 Å². The molecular weight excluding hydrogens is 154 g/mol. The van der Waals surface area contributed by atoms with E-state index in [2.05, 4.69) is 5.32 Å². The minimum absolute atomic E-state index is 0.0955. The highest BCUT2D eigenvalue weighted by Gasteiger charge is 2.44. The number of carbonyl (C=O) groups is 2. The van der Waals surface area contributed by atoms with E-state index in [0.29, 0.717) is 6.42 Å². The zero-order valence-electron chi connectivity index (χ0n) is 6.91. The Balaban J connectivity index is 2.32. The number of fused-ring (bicyclic) bond motifs is 1. The van der Waals surface area contributed by atoms with Gasteiger partial charge in [-0.15, -0.1) is 0 Å². The van der Waals surface area contributed by atoms with Gasteiger partial charge >= 0.3 is 0 Å². The Morgan fingerprint density at radius 2 is 2.17 bits per heavy atom. The van der Waals surface area contributed by atoms with Crippen LogP contribution in [0.15, 0.2) is 12.2 Å². The molecular formula is C9H11NO2. The lowest BCUT2D eigenvalue weighted by atomic mass is 9.78. The molecule has 0 saturated carbocycles. The van der Waals surface area contributed by atoms with Crippen molar-refractivity contribution >= 4 is 11.8 Å². The lowest BCUT2D eigenvalue weighted by Crippen LogP contribution is -2.26. The normalized spacial score (nSPS) is 39.6. The fourth-order valence-electron chi connectivity index (χ4n) is 2.06. The van der Waals surface area contributed by atoms with Crippen LogP contribution in [-0.4, -0.2) is 11.8 Å². The van der Waals surface area contributed by atoms with Gasteiger partial charge in [0, 0.05) is 0 Å². The molecule has 0 aromatic rings. The maximum absolute atomic E-state index is 11.3. The zero-order valence-corrected chi connectivity index (χ0v) is 6.91. The second-order valence-corrected chi connectivity index (χ2v) is 3.51. The highest BCUT2D eigenvalue weighted by Crippen LogP contribution is 2.33. The van der Waals surface area contributed by atoms with Gasteiger partial charge in [0.15, 0.2) is 0 Å². The summed E-state index contributed by atoms with van der Waals surface area (Å²) in [7, 11) is 0. The Hall–Kier alpha value is -1.12. The second kappa shape index (κ2) is 2.44. The second-order valence-electron chi connectivity index (χ2n) is 3.51. The van der Waals surface area contributed by atoms with Gasteiger partial charge < -0.3 is 0 Å². The lowest BCUT2D eigenvalue weighted by molar-refractivity contribution is -0.126. The van der Waals surface area contributed by atoms with Crippen LogP contribution < -0.4 is 5.32 Å². The van der Waals surface area contributed by atoms with Gasteiger partial charge in [-0.2, -0.15) is 0 Å². The summed E-state index contributed by atoms with van der Waals surface area (Å²) < 4.78 is 0. The van der Waals surface area contributed by atoms with Crippen molar-refractivity contribution in [3.05, 3.63) is 12.2 Å². The lowest BCUT2D eigenvalue weighted by Gasteiger charge is -2.22. The molecule has 2 amide bonds. The van der Waals surface area contributed by atoms with E-state index in [9.17, 15) is 9.59 Å². The molecule has 2 aliphatic rings. The van der Waals surface area contributed by atoms with Gasteiger partial charge in [-0.05, 0) is 12.3 Å². The van der Waals surface area contributed by atoms with Crippen LogP contribution in [0.4, 0.5) is 0 Å². The number of imide groups is 1. The monoisotopic (exact) mass is 165 g/mol. The highest BCUT2D eigenvalue weighted by atomic mass is 16.2. The average Bonchev–Trinajstić information content (AvgIpc) is 2.29. The first-order valence-corrected chi connectivity index (χ1v) is 4.21. The van der Waals surface area contributed by atoms with Crippen molar-refractivity contribution < 1.29 is 9.59 Å². The highest BCUT2D eigenvalue weighted by molar-refractivity contribution is 6.05. The first-order chi connectivity index (χ1) is 5.70. The Morgan fingerprint density at radius 1 is 1.42 bits per heavy atom. The summed E-state index contributed by atoms with van der Waals surface area (Å²) in [4.78, 5) is 22.5. The third-order valence-corrected chi connectivity index (χ3v) is 2.72. The predicted molar refractivity (Wildman–Crippen MR) is 43.1 cm³/mol. The largest absolute Gasteiger partial charge is 0.296 e. The summed E-state index contributed by atoms with van der Waals surface area (Å²) in [6, 6.07) is 0. The number of amides is 2. The van der Waals surface area contributed by atoms with Crippen LogP contribution in [0, 0.1) is 17.8 Å². The van der Waals surface area contributed by atoms with Gasteiger partial charge in [-0.25, -0.2) is 0 Å². The molecule has 0 radical (unpaired) electrons. The van der Waals surface area contributed by atoms with E-state index in [4.69, 9.17) is 0 Å². The molecule has 3 heteroatoms. The van der Waals surface area contributed by atoms with Gasteiger partial charge in [0.1, 0.15) is 0 Å². The standard InChI is InChI=1S/C9H11NO2/c1-5-3-2-4-6-7(5)9(12)10-8(6)11/h2-3,5-7H,4H2,1H3,(H,10,11,12)/t5?,6-,7+/m1/s1. The number of hydrogen-bond acceptors (Lipinski definition) is 2. The Bertz CT molecular complexity index is 270. The molecule has 3 atom stereocenters. The third-order valence-electron chi connectivity index (χ3n) is 2.72. The minimum Gasteiger partial charge on any atom is -0.296 e. The SMILES string of the molecule is CC1C=CC[C@H]2C(=O)NC(=O)[C@@H]12. The molecule has 1 N–H and O–H groups in total. The Labute approximate surface area is 70.8 Å². The van der Waals surface area contributed by atoms with Crippen molar-refractivity contribution in [3.8, 4) is 0 Å². The van der Waals surface area contributed by atoms with Crippen LogP contribution in [0.1, 0.15) is 13.3 Å². The van der Waals surface area contributed by atoms with E-state index in [1.807, 2.05) is 19.1 Å². The zero-order chi connectivity index (χ0) is 8.72. The van der Waals surface area contributed by atoms with E-state index in [-0.39, 0.29) is 29.6 Å². The summed E-state index contributed by atoms with van der Waals surface area (Å²) in [6.45, 7) is 1.98. The van der Waals surface area contributed by atoms with Gasteiger partial charge in [0.25, 0.3) is 0 Å². The molecule has 1 heterocycles. The average molecular weight is 165 g/mol. The quantitative estimate of drug-likeness (QED) is 0.419. The van der Waals surface area contributed by atoms with Crippen LogP contribution in [0.2, 0.25) is 0 Å². The van der Waals surface area contributed by atoms with Crippen molar-refractivity contribution in [2.24, 2.45) is 17.8 Å². The molecule has 0 spiro atoms. The number of hydrogen-bond donors (Lipinski definition) is 1. The smallest absolute Gasteiger partial charge is 0.231 e. The Kier molecular flexibility index (Phi) is 1.53. The summed E-state index contributed by atoms with van der Waals surface area (Å²) in [6.07, 6.45) is 4.72. The summed E-state index contributed by atoms with van der Waals surface area (Å²) in [5, 5.41) is 2.37. The van der Waals surface area contributed by atoms with E-state index < -0.39 is 0 Å². The van der Waals surface area contributed by atoms with Crippen LogP contribution in [0.3, 0.4) is 0 Å². The Morgan fingerprint density at radius 3 is 2.83 bits per heavy atom. The van der Waals surface area contributed by atoms with Crippen LogP contribution in [0.5, 0.6) is 0 Å². The van der Waals surface area contributed by atoms with Crippen molar-refractivity contribution in [2.75, 3.05) is 0 Å². The van der Waals surface area contributed by atoms with E-state index >= 15 is 0 Å². The van der Waals surface area contributed by atoms with Gasteiger partial charge in [0.05, 0.1) is 11.8 Å². The minimum atomic E-state index is -0.109. The number of nitrogens with one attached hydrogen (secondary N) is 1. The molecule has 0 aromatic heterocycles. The maximum Gasteiger partial charge on any atom is 0.231 e. The third kappa shape index (κ3) is 0.891. The number of carbonyl (C=O) groups excluding carboxylic acids is 2. The fourth-order valence-corrected chi connectivity index (χ4v) is 2.06. The molecule has 0 aromatic carbocycles. The van der Waals surface area contributed by atoms with Gasteiger partial charge in [0.2, 0.25) is 11.8 Å². The summed E-state index contributed by atoms with van der Waals surface area (Å²) in [5.41, 5.74) is 0. The van der Waals surface area contributed by atoms with Crippen LogP contribution in [-0.2, 0) is 9.59 Å². The van der Waals surface area contributed by atoms with E-state index in [1.165, 1.54) is 0 Å². The summed E-state index contributed by atoms with van der Waals surface area (Å²) >= 11 is 0. The van der Waals surface area contributed by atoms with Crippen molar-refractivity contribution in [2.45, 2.75) is 13.3 Å². The molecule has 1 saturated heterocycles. The first-order valence-electron chi connectivity index (χ1n) is 4.21. The topological polar surface area (TPSA) is 46.2 Å². The molecule has 12 heavy (non-hydrogen) atoms. The van der Waals surface area contributed by atoms with Crippen molar-refractivity contribution in [1.29, 1.82) is 0 Å². The predicted octanol–water partition coefficient (Wildman–Crippen LogP) is 0.471. The van der Waals surface area contributed by atoms with Gasteiger partial charge in [-0.1, -0.05) is 19.1 Å². The summed E-state index contributed by atoms with van der Waals surface area (Å²) in [5.74, 6) is -0.196.